The lowest BCUT2D eigenvalue weighted by Crippen LogP contribution is -2.30. The molecule has 4 nitrogen and oxygen atoms in total. The summed E-state index contributed by atoms with van der Waals surface area (Å²) in [5.41, 5.74) is 1.17. The number of ether oxygens (including phenoxy) is 1. The molecule has 5 rings (SSSR count). The van der Waals surface area contributed by atoms with Crippen molar-refractivity contribution < 1.29 is 17.9 Å². The van der Waals surface area contributed by atoms with Crippen molar-refractivity contribution in [1.29, 1.82) is 0 Å². The minimum atomic E-state index is -4.41. The number of nitrogens with one attached hydrogen (secondary N) is 1. The average molecular weight is 399 g/mol. The van der Waals surface area contributed by atoms with Crippen LogP contribution in [0.4, 0.5) is 13.2 Å². The van der Waals surface area contributed by atoms with E-state index < -0.39 is 11.7 Å². The number of hydrogen-bond acceptors (Lipinski definition) is 3. The van der Waals surface area contributed by atoms with Gasteiger partial charge in [0.05, 0.1) is 22.1 Å². The fraction of sp³-hybridized carbons (Fsp3) is 0.364. The largest absolute Gasteiger partial charge is 0.473 e. The number of aromatic nitrogens is 2. The molecule has 7 heteroatoms. The Hall–Kier alpha value is -2.83. The number of benzene rings is 2. The minimum absolute atomic E-state index is 0.136. The summed E-state index contributed by atoms with van der Waals surface area (Å²) in [6.45, 7) is 0.573. The molecule has 1 spiro atoms. The molecule has 29 heavy (non-hydrogen) atoms. The number of fused-ring (bicyclic) bond motifs is 1. The van der Waals surface area contributed by atoms with Gasteiger partial charge in [-0.1, -0.05) is 43.5 Å². The van der Waals surface area contributed by atoms with Gasteiger partial charge in [0, 0.05) is 0 Å². The standard InChI is InChI=1S/C22H20F3N3O/c23-22(24,25)16-7-3-2-6-15(16)14-8-9-17-18(12-14)27-19(26-17)20-28-21(13-29-20)10-4-1-5-11-21/h2-3,6-9,12H,1,4-5,10-11,13H2,(H,26,27). The molecule has 2 aliphatic rings. The van der Waals surface area contributed by atoms with Crippen LogP contribution in [0.15, 0.2) is 47.5 Å². The summed E-state index contributed by atoms with van der Waals surface area (Å²) >= 11 is 0. The van der Waals surface area contributed by atoms with E-state index in [-0.39, 0.29) is 11.1 Å². The topological polar surface area (TPSA) is 50.3 Å². The highest BCUT2D eigenvalue weighted by Crippen LogP contribution is 2.38. The fourth-order valence-corrected chi connectivity index (χ4v) is 4.33. The summed E-state index contributed by atoms with van der Waals surface area (Å²) in [5, 5.41) is 0. The van der Waals surface area contributed by atoms with Gasteiger partial charge in [-0.05, 0) is 42.2 Å². The molecule has 0 saturated heterocycles. The summed E-state index contributed by atoms with van der Waals surface area (Å²) < 4.78 is 46.0. The van der Waals surface area contributed by atoms with Crippen LogP contribution in [0.25, 0.3) is 22.2 Å². The van der Waals surface area contributed by atoms with Crippen LogP contribution in [0.5, 0.6) is 0 Å². The van der Waals surface area contributed by atoms with Gasteiger partial charge < -0.3 is 9.72 Å². The van der Waals surface area contributed by atoms with Crippen LogP contribution < -0.4 is 0 Å². The van der Waals surface area contributed by atoms with Crippen LogP contribution in [-0.2, 0) is 10.9 Å². The summed E-state index contributed by atoms with van der Waals surface area (Å²) in [5.74, 6) is 1.03. The zero-order valence-electron chi connectivity index (χ0n) is 15.7. The summed E-state index contributed by atoms with van der Waals surface area (Å²) in [7, 11) is 0. The van der Waals surface area contributed by atoms with E-state index in [0.717, 1.165) is 31.7 Å². The Morgan fingerprint density at radius 1 is 1.00 bits per heavy atom. The molecule has 1 N–H and O–H groups in total. The van der Waals surface area contributed by atoms with E-state index in [4.69, 9.17) is 9.73 Å². The highest BCUT2D eigenvalue weighted by Gasteiger charge is 2.39. The maximum absolute atomic E-state index is 13.4. The molecule has 0 atom stereocenters. The normalized spacial score (nSPS) is 18.8. The molecule has 0 bridgehead atoms. The first-order valence-electron chi connectivity index (χ1n) is 9.83. The molecule has 0 amide bonds. The van der Waals surface area contributed by atoms with Crippen LogP contribution in [0.3, 0.4) is 0 Å². The lowest BCUT2D eigenvalue weighted by Gasteiger charge is -2.27. The first kappa shape index (κ1) is 18.2. The minimum Gasteiger partial charge on any atom is -0.473 e. The summed E-state index contributed by atoms with van der Waals surface area (Å²) in [6.07, 6.45) is 1.18. The van der Waals surface area contributed by atoms with E-state index in [2.05, 4.69) is 9.97 Å². The van der Waals surface area contributed by atoms with Crippen molar-refractivity contribution in [2.75, 3.05) is 6.61 Å². The number of hydrogen-bond donors (Lipinski definition) is 1. The number of halogens is 3. The van der Waals surface area contributed by atoms with E-state index in [1.54, 1.807) is 24.3 Å². The Bertz CT molecular complexity index is 1090. The highest BCUT2D eigenvalue weighted by atomic mass is 19.4. The first-order valence-corrected chi connectivity index (χ1v) is 9.83. The molecule has 2 heterocycles. The van der Waals surface area contributed by atoms with E-state index in [1.807, 2.05) is 0 Å². The lowest BCUT2D eigenvalue weighted by molar-refractivity contribution is -0.137. The fourth-order valence-electron chi connectivity index (χ4n) is 4.33. The monoisotopic (exact) mass is 399 g/mol. The zero-order valence-corrected chi connectivity index (χ0v) is 15.7. The Morgan fingerprint density at radius 2 is 1.79 bits per heavy atom. The highest BCUT2D eigenvalue weighted by molar-refractivity contribution is 5.96. The van der Waals surface area contributed by atoms with E-state index in [0.29, 0.717) is 34.9 Å². The Kier molecular flexibility index (Phi) is 4.15. The quantitative estimate of drug-likeness (QED) is 0.598. The third-order valence-electron chi connectivity index (χ3n) is 5.83. The Morgan fingerprint density at radius 3 is 2.59 bits per heavy atom. The lowest BCUT2D eigenvalue weighted by atomic mass is 9.83. The number of aromatic amines is 1. The van der Waals surface area contributed by atoms with Crippen molar-refractivity contribution in [3.8, 4) is 11.1 Å². The second kappa shape index (κ2) is 6.61. The summed E-state index contributed by atoms with van der Waals surface area (Å²) in [4.78, 5) is 12.5. The maximum atomic E-state index is 13.4. The van der Waals surface area contributed by atoms with E-state index in [1.165, 1.54) is 18.6 Å². The Labute approximate surface area is 165 Å². The third-order valence-corrected chi connectivity index (χ3v) is 5.83. The SMILES string of the molecule is FC(F)(F)c1ccccc1-c1ccc2nc(C3=NC4(CCCCC4)CO3)[nH]c2c1. The van der Waals surface area contributed by atoms with E-state index >= 15 is 0 Å². The van der Waals surface area contributed by atoms with Crippen LogP contribution >= 0.6 is 0 Å². The number of H-pyrrole nitrogens is 1. The van der Waals surface area contributed by atoms with Crippen LogP contribution in [0, 0.1) is 0 Å². The molecule has 0 radical (unpaired) electrons. The molecular formula is C22H20F3N3O. The van der Waals surface area contributed by atoms with Crippen molar-refractivity contribution in [2.45, 2.75) is 43.8 Å². The molecule has 2 aromatic carbocycles. The van der Waals surface area contributed by atoms with Gasteiger partial charge in [-0.15, -0.1) is 0 Å². The number of aliphatic imine (C=N–C) groups is 1. The van der Waals surface area contributed by atoms with Crippen molar-refractivity contribution in [2.24, 2.45) is 4.99 Å². The van der Waals surface area contributed by atoms with Gasteiger partial charge in [-0.25, -0.2) is 9.98 Å². The molecule has 1 saturated carbocycles. The van der Waals surface area contributed by atoms with Gasteiger partial charge in [0.25, 0.3) is 5.90 Å². The van der Waals surface area contributed by atoms with E-state index in [9.17, 15) is 13.2 Å². The maximum Gasteiger partial charge on any atom is 0.417 e. The smallest absolute Gasteiger partial charge is 0.417 e. The van der Waals surface area contributed by atoms with Crippen LogP contribution in [-0.4, -0.2) is 28.0 Å². The van der Waals surface area contributed by atoms with Gasteiger partial charge in [0.15, 0.2) is 5.82 Å². The van der Waals surface area contributed by atoms with Crippen molar-refractivity contribution in [1.82, 2.24) is 9.97 Å². The van der Waals surface area contributed by atoms with Gasteiger partial charge in [0.2, 0.25) is 0 Å². The number of rotatable bonds is 2. The number of imidazole rings is 1. The average Bonchev–Trinajstić information content (AvgIpc) is 3.32. The van der Waals surface area contributed by atoms with Crippen molar-refractivity contribution in [3.63, 3.8) is 0 Å². The Balaban J connectivity index is 1.52. The number of alkyl halides is 3. The number of nitrogens with zero attached hydrogens (tertiary/aromatic N) is 2. The second-order valence-electron chi connectivity index (χ2n) is 7.85. The van der Waals surface area contributed by atoms with Crippen molar-refractivity contribution >= 4 is 16.9 Å². The van der Waals surface area contributed by atoms with Gasteiger partial charge in [0.1, 0.15) is 6.61 Å². The van der Waals surface area contributed by atoms with Gasteiger partial charge in [-0.2, -0.15) is 13.2 Å². The van der Waals surface area contributed by atoms with Crippen LogP contribution in [0.2, 0.25) is 0 Å². The molecule has 1 aliphatic carbocycles. The van der Waals surface area contributed by atoms with Gasteiger partial charge in [-0.3, -0.25) is 0 Å². The zero-order chi connectivity index (χ0) is 20.1. The molecule has 0 unspecified atom stereocenters. The molecule has 1 aliphatic heterocycles. The molecule has 3 aromatic rings. The summed E-state index contributed by atoms with van der Waals surface area (Å²) in [6, 6.07) is 10.7. The first-order chi connectivity index (χ1) is 13.9. The second-order valence-corrected chi connectivity index (χ2v) is 7.85. The molecule has 150 valence electrons. The predicted octanol–water partition coefficient (Wildman–Crippen LogP) is 5.73. The predicted molar refractivity (Wildman–Crippen MR) is 105 cm³/mol. The third kappa shape index (κ3) is 3.28. The van der Waals surface area contributed by atoms with Gasteiger partial charge >= 0.3 is 6.18 Å². The molecular weight excluding hydrogens is 379 g/mol. The molecule has 1 aromatic heterocycles. The van der Waals surface area contributed by atoms with Crippen LogP contribution in [0.1, 0.15) is 43.5 Å². The van der Waals surface area contributed by atoms with Crippen molar-refractivity contribution in [3.05, 3.63) is 53.9 Å². The molecule has 1 fully saturated rings.